The molecule has 0 heterocycles. The standard InChI is InChI=1S/C24H21IN2O5/c1-2-31-24(30)32-18-13-11-16(12-14-18)22(28)27-21-10-6-3-7-17(21)15-26-23(29)19-8-4-5-9-20(19)25/h3-14H,2,15H2,1H3,(H,26,29)(H,27,28). The maximum atomic E-state index is 12.7. The van der Waals surface area contributed by atoms with Gasteiger partial charge in [-0.15, -0.1) is 0 Å². The summed E-state index contributed by atoms with van der Waals surface area (Å²) in [4.78, 5) is 36.5. The van der Waals surface area contributed by atoms with Gasteiger partial charge in [-0.1, -0.05) is 30.3 Å². The van der Waals surface area contributed by atoms with Gasteiger partial charge >= 0.3 is 6.16 Å². The molecule has 0 fully saturated rings. The van der Waals surface area contributed by atoms with Crippen molar-refractivity contribution in [3.05, 3.63) is 93.1 Å². The maximum Gasteiger partial charge on any atom is 0.513 e. The molecule has 3 aromatic rings. The van der Waals surface area contributed by atoms with Gasteiger partial charge < -0.3 is 20.1 Å². The zero-order chi connectivity index (χ0) is 22.9. The molecule has 0 unspecified atom stereocenters. The molecule has 164 valence electrons. The lowest BCUT2D eigenvalue weighted by atomic mass is 10.1. The highest BCUT2D eigenvalue weighted by molar-refractivity contribution is 14.1. The third-order valence-corrected chi connectivity index (χ3v) is 5.34. The molecular formula is C24H21IN2O5. The van der Waals surface area contributed by atoms with Crippen LogP contribution in [0.25, 0.3) is 0 Å². The lowest BCUT2D eigenvalue weighted by molar-refractivity contribution is 0.0948. The van der Waals surface area contributed by atoms with Crippen molar-refractivity contribution in [1.29, 1.82) is 0 Å². The van der Waals surface area contributed by atoms with E-state index in [1.165, 1.54) is 12.1 Å². The number of nitrogens with one attached hydrogen (secondary N) is 2. The third kappa shape index (κ3) is 6.30. The molecule has 3 rings (SSSR count). The number of hydrogen-bond acceptors (Lipinski definition) is 5. The summed E-state index contributed by atoms with van der Waals surface area (Å²) in [5, 5.41) is 5.75. The average molecular weight is 544 g/mol. The summed E-state index contributed by atoms with van der Waals surface area (Å²) in [5.41, 5.74) is 2.34. The highest BCUT2D eigenvalue weighted by Crippen LogP contribution is 2.19. The molecule has 0 aliphatic rings. The van der Waals surface area contributed by atoms with Crippen LogP contribution in [0.2, 0.25) is 0 Å². The summed E-state index contributed by atoms with van der Waals surface area (Å²) in [6, 6.07) is 20.7. The van der Waals surface area contributed by atoms with Crippen LogP contribution in [0.1, 0.15) is 33.2 Å². The van der Waals surface area contributed by atoms with E-state index in [1.807, 2.05) is 30.3 Å². The van der Waals surface area contributed by atoms with Crippen LogP contribution in [-0.2, 0) is 11.3 Å². The number of anilines is 1. The van der Waals surface area contributed by atoms with E-state index in [1.54, 1.807) is 37.3 Å². The molecule has 0 atom stereocenters. The van der Waals surface area contributed by atoms with Gasteiger partial charge in [0.15, 0.2) is 0 Å². The molecule has 7 nitrogen and oxygen atoms in total. The second-order valence-electron chi connectivity index (χ2n) is 6.58. The minimum Gasteiger partial charge on any atom is -0.434 e. The van der Waals surface area contributed by atoms with E-state index < -0.39 is 6.16 Å². The lowest BCUT2D eigenvalue weighted by Crippen LogP contribution is -2.24. The summed E-state index contributed by atoms with van der Waals surface area (Å²) in [6.45, 7) is 2.15. The highest BCUT2D eigenvalue weighted by Gasteiger charge is 2.13. The third-order valence-electron chi connectivity index (χ3n) is 4.40. The van der Waals surface area contributed by atoms with Crippen LogP contribution in [0.3, 0.4) is 0 Å². The molecule has 0 saturated heterocycles. The summed E-state index contributed by atoms with van der Waals surface area (Å²) < 4.78 is 10.6. The molecule has 0 bridgehead atoms. The second-order valence-corrected chi connectivity index (χ2v) is 7.75. The van der Waals surface area contributed by atoms with Crippen LogP contribution in [0.15, 0.2) is 72.8 Å². The lowest BCUT2D eigenvalue weighted by Gasteiger charge is -2.13. The normalized spacial score (nSPS) is 10.2. The molecular weight excluding hydrogens is 523 g/mol. The van der Waals surface area contributed by atoms with Gasteiger partial charge in [0.05, 0.1) is 12.2 Å². The Morgan fingerprint density at radius 1 is 0.875 bits per heavy atom. The Labute approximate surface area is 199 Å². The van der Waals surface area contributed by atoms with Gasteiger partial charge in [0.2, 0.25) is 0 Å². The van der Waals surface area contributed by atoms with Crippen molar-refractivity contribution in [3.8, 4) is 5.75 Å². The van der Waals surface area contributed by atoms with Crippen molar-refractivity contribution in [1.82, 2.24) is 5.32 Å². The van der Waals surface area contributed by atoms with Gasteiger partial charge in [-0.2, -0.15) is 0 Å². The van der Waals surface area contributed by atoms with Crippen molar-refractivity contribution in [2.75, 3.05) is 11.9 Å². The van der Waals surface area contributed by atoms with Crippen molar-refractivity contribution in [2.45, 2.75) is 13.5 Å². The first-order valence-corrected chi connectivity index (χ1v) is 10.9. The molecule has 0 spiro atoms. The van der Waals surface area contributed by atoms with E-state index in [0.29, 0.717) is 16.8 Å². The van der Waals surface area contributed by atoms with E-state index in [-0.39, 0.29) is 30.7 Å². The van der Waals surface area contributed by atoms with Gasteiger partial charge in [-0.3, -0.25) is 9.59 Å². The van der Waals surface area contributed by atoms with Crippen LogP contribution >= 0.6 is 22.6 Å². The molecule has 0 aliphatic heterocycles. The zero-order valence-electron chi connectivity index (χ0n) is 17.3. The molecule has 2 N–H and O–H groups in total. The van der Waals surface area contributed by atoms with Gasteiger partial charge in [0.1, 0.15) is 5.75 Å². The second kappa shape index (κ2) is 11.3. The number of para-hydroxylation sites is 1. The van der Waals surface area contributed by atoms with Crippen LogP contribution in [0, 0.1) is 3.57 Å². The summed E-state index contributed by atoms with van der Waals surface area (Å²) >= 11 is 2.12. The van der Waals surface area contributed by atoms with Crippen molar-refractivity contribution in [3.63, 3.8) is 0 Å². The van der Waals surface area contributed by atoms with Crippen molar-refractivity contribution in [2.24, 2.45) is 0 Å². The van der Waals surface area contributed by atoms with Crippen molar-refractivity contribution >= 4 is 46.2 Å². The number of amides is 2. The zero-order valence-corrected chi connectivity index (χ0v) is 19.4. The number of carbonyl (C=O) groups excluding carboxylic acids is 3. The fourth-order valence-electron chi connectivity index (χ4n) is 2.82. The molecule has 8 heteroatoms. The molecule has 32 heavy (non-hydrogen) atoms. The first-order chi connectivity index (χ1) is 15.5. The van der Waals surface area contributed by atoms with Crippen LogP contribution in [-0.4, -0.2) is 24.6 Å². The smallest absolute Gasteiger partial charge is 0.434 e. The van der Waals surface area contributed by atoms with Gasteiger partial charge in [0.25, 0.3) is 11.8 Å². The monoisotopic (exact) mass is 544 g/mol. The van der Waals surface area contributed by atoms with Crippen LogP contribution in [0.5, 0.6) is 5.75 Å². The van der Waals surface area contributed by atoms with Gasteiger partial charge in [-0.25, -0.2) is 4.79 Å². The van der Waals surface area contributed by atoms with E-state index in [2.05, 4.69) is 33.2 Å². The number of hydrogen-bond donors (Lipinski definition) is 2. The maximum absolute atomic E-state index is 12.7. The van der Waals surface area contributed by atoms with E-state index in [4.69, 9.17) is 9.47 Å². The Morgan fingerprint density at radius 2 is 1.56 bits per heavy atom. The largest absolute Gasteiger partial charge is 0.513 e. The summed E-state index contributed by atoms with van der Waals surface area (Å²) in [7, 11) is 0. The van der Waals surface area contributed by atoms with Crippen LogP contribution < -0.4 is 15.4 Å². The first-order valence-electron chi connectivity index (χ1n) is 9.84. The van der Waals surface area contributed by atoms with E-state index in [0.717, 1.165) is 9.13 Å². The molecule has 3 aromatic carbocycles. The molecule has 0 aromatic heterocycles. The Bertz CT molecular complexity index is 1120. The fourth-order valence-corrected chi connectivity index (χ4v) is 3.46. The Balaban J connectivity index is 1.64. The molecule has 0 saturated carbocycles. The number of ether oxygens (including phenoxy) is 2. The number of benzene rings is 3. The summed E-state index contributed by atoms with van der Waals surface area (Å²) in [5.74, 6) is -0.240. The molecule has 0 aliphatic carbocycles. The molecule has 0 radical (unpaired) electrons. The van der Waals surface area contributed by atoms with Crippen molar-refractivity contribution < 1.29 is 23.9 Å². The predicted octanol–water partition coefficient (Wildman–Crippen LogP) is 5.01. The fraction of sp³-hybridized carbons (Fsp3) is 0.125. The Morgan fingerprint density at radius 3 is 2.28 bits per heavy atom. The Hall–Kier alpha value is -3.40. The van der Waals surface area contributed by atoms with Gasteiger partial charge in [0, 0.05) is 21.4 Å². The molecule has 2 amide bonds. The van der Waals surface area contributed by atoms with E-state index >= 15 is 0 Å². The quantitative estimate of drug-likeness (QED) is 0.248. The Kier molecular flexibility index (Phi) is 8.20. The van der Waals surface area contributed by atoms with E-state index in [9.17, 15) is 14.4 Å². The SMILES string of the molecule is CCOC(=O)Oc1ccc(C(=O)Nc2ccccc2CNC(=O)c2ccccc2I)cc1. The topological polar surface area (TPSA) is 93.7 Å². The van der Waals surface area contributed by atoms with Gasteiger partial charge in [-0.05, 0) is 77.5 Å². The average Bonchev–Trinajstić information content (AvgIpc) is 2.79. The predicted molar refractivity (Wildman–Crippen MR) is 129 cm³/mol. The van der Waals surface area contributed by atoms with Crippen LogP contribution in [0.4, 0.5) is 10.5 Å². The summed E-state index contributed by atoms with van der Waals surface area (Å²) in [6.07, 6.45) is -0.800. The minimum atomic E-state index is -0.800. The first kappa shape index (κ1) is 23.3. The number of rotatable bonds is 7. The number of halogens is 1. The minimum absolute atomic E-state index is 0.187. The number of carbonyl (C=O) groups is 3. The highest BCUT2D eigenvalue weighted by atomic mass is 127.